The van der Waals surface area contributed by atoms with Gasteiger partial charge in [-0.05, 0) is 40.1 Å². The number of aromatic carboxylic acids is 1. The van der Waals surface area contributed by atoms with E-state index in [4.69, 9.17) is 0 Å². The Kier molecular flexibility index (Phi) is 4.41. The van der Waals surface area contributed by atoms with Crippen molar-refractivity contribution in [1.29, 1.82) is 0 Å². The Morgan fingerprint density at radius 2 is 1.83 bits per heavy atom. The number of carboxylic acids is 1. The number of hydrogen-bond acceptors (Lipinski definition) is 4. The number of carbonyl (C=O) groups is 1. The van der Waals surface area contributed by atoms with Crippen LogP contribution in [-0.4, -0.2) is 20.6 Å². The molecule has 2 aromatic heterocycles. The number of thiophene rings is 1. The Labute approximate surface area is 175 Å². The van der Waals surface area contributed by atoms with Gasteiger partial charge in [-0.3, -0.25) is 9.36 Å². The molecule has 5 nitrogen and oxygen atoms in total. The fourth-order valence-corrected chi connectivity index (χ4v) is 4.56. The minimum Gasteiger partial charge on any atom is -0.478 e. The van der Waals surface area contributed by atoms with Crippen molar-refractivity contribution >= 4 is 38.3 Å². The topological polar surface area (TPSA) is 72.2 Å². The van der Waals surface area contributed by atoms with Gasteiger partial charge in [0, 0.05) is 10.9 Å². The molecule has 30 heavy (non-hydrogen) atoms. The third kappa shape index (κ3) is 3.17. The predicted octanol–water partition coefficient (Wildman–Crippen LogP) is 5.02. The molecule has 6 heteroatoms. The van der Waals surface area contributed by atoms with Gasteiger partial charge in [0.15, 0.2) is 0 Å². The molecule has 0 saturated carbocycles. The number of nitrogens with zero attached hydrogens (tertiary/aromatic N) is 2. The molecule has 2 heterocycles. The lowest BCUT2D eigenvalue weighted by atomic mass is 10.0. The minimum absolute atomic E-state index is 0.134. The standard InChI is InChI=1S/C24H16N2O3S/c27-23-21-20(18-9-8-16-5-1-2-6-17(16)11-18)13-30-22(21)25-14-26(23)12-15-4-3-7-19(10-15)24(28)29/h1-11,13-14H,12H2,(H,28,29). The highest BCUT2D eigenvalue weighted by Gasteiger charge is 2.14. The van der Waals surface area contributed by atoms with Gasteiger partial charge >= 0.3 is 5.97 Å². The molecule has 0 unspecified atom stereocenters. The minimum atomic E-state index is -0.991. The normalized spacial score (nSPS) is 11.2. The van der Waals surface area contributed by atoms with Crippen LogP contribution in [0, 0.1) is 0 Å². The molecule has 0 aliphatic rings. The van der Waals surface area contributed by atoms with Crippen molar-refractivity contribution in [2.24, 2.45) is 0 Å². The Morgan fingerprint density at radius 1 is 1.00 bits per heavy atom. The van der Waals surface area contributed by atoms with Crippen molar-refractivity contribution in [1.82, 2.24) is 9.55 Å². The van der Waals surface area contributed by atoms with Gasteiger partial charge in [0.25, 0.3) is 5.56 Å². The number of carboxylic acid groups (broad SMARTS) is 1. The first kappa shape index (κ1) is 18.3. The lowest BCUT2D eigenvalue weighted by molar-refractivity contribution is 0.0696. The second-order valence-electron chi connectivity index (χ2n) is 7.07. The first-order valence-corrected chi connectivity index (χ1v) is 10.3. The van der Waals surface area contributed by atoms with Gasteiger partial charge < -0.3 is 5.11 Å². The molecule has 0 aliphatic carbocycles. The van der Waals surface area contributed by atoms with Crippen molar-refractivity contribution in [2.75, 3.05) is 0 Å². The van der Waals surface area contributed by atoms with E-state index in [1.807, 2.05) is 23.6 Å². The molecular weight excluding hydrogens is 396 g/mol. The molecule has 146 valence electrons. The predicted molar refractivity (Wildman–Crippen MR) is 119 cm³/mol. The van der Waals surface area contributed by atoms with Gasteiger partial charge in [0.05, 0.1) is 23.8 Å². The van der Waals surface area contributed by atoms with Crippen LogP contribution >= 0.6 is 11.3 Å². The highest BCUT2D eigenvalue weighted by atomic mass is 32.1. The number of rotatable bonds is 4. The summed E-state index contributed by atoms with van der Waals surface area (Å²) in [5, 5.41) is 14.0. The summed E-state index contributed by atoms with van der Waals surface area (Å²) in [7, 11) is 0. The van der Waals surface area contributed by atoms with Gasteiger partial charge in [-0.2, -0.15) is 0 Å². The first-order chi connectivity index (χ1) is 14.6. The van der Waals surface area contributed by atoms with E-state index in [9.17, 15) is 14.7 Å². The molecular formula is C24H16N2O3S. The quantitative estimate of drug-likeness (QED) is 0.450. The van der Waals surface area contributed by atoms with E-state index >= 15 is 0 Å². The van der Waals surface area contributed by atoms with E-state index in [0.29, 0.717) is 10.2 Å². The summed E-state index contributed by atoms with van der Waals surface area (Å²) in [5.41, 5.74) is 2.64. The summed E-state index contributed by atoms with van der Waals surface area (Å²) in [6, 6.07) is 20.9. The fourth-order valence-electron chi connectivity index (χ4n) is 3.65. The average Bonchev–Trinajstić information content (AvgIpc) is 3.20. The Morgan fingerprint density at radius 3 is 2.67 bits per heavy atom. The van der Waals surface area contributed by atoms with Crippen LogP contribution in [0.15, 0.2) is 83.2 Å². The molecule has 0 spiro atoms. The zero-order valence-electron chi connectivity index (χ0n) is 15.8. The molecule has 0 radical (unpaired) electrons. The molecule has 0 fully saturated rings. The third-order valence-corrected chi connectivity index (χ3v) is 6.03. The smallest absolute Gasteiger partial charge is 0.335 e. The summed E-state index contributed by atoms with van der Waals surface area (Å²) < 4.78 is 1.53. The maximum atomic E-state index is 13.3. The fraction of sp³-hybridized carbons (Fsp3) is 0.0417. The van der Waals surface area contributed by atoms with Gasteiger partial charge in [0.2, 0.25) is 0 Å². The van der Waals surface area contributed by atoms with Crippen LogP contribution in [-0.2, 0) is 6.54 Å². The monoisotopic (exact) mass is 412 g/mol. The molecule has 5 rings (SSSR count). The van der Waals surface area contributed by atoms with Gasteiger partial charge in [-0.1, -0.05) is 48.5 Å². The lowest BCUT2D eigenvalue weighted by Crippen LogP contribution is -2.21. The summed E-state index contributed by atoms with van der Waals surface area (Å²) >= 11 is 1.45. The number of hydrogen-bond donors (Lipinski definition) is 1. The second-order valence-corrected chi connectivity index (χ2v) is 7.93. The molecule has 0 aliphatic heterocycles. The Bertz CT molecular complexity index is 1480. The van der Waals surface area contributed by atoms with Crippen LogP contribution in [0.5, 0.6) is 0 Å². The Hall–Kier alpha value is -3.77. The number of benzene rings is 3. The summed E-state index contributed by atoms with van der Waals surface area (Å²) in [6.07, 6.45) is 1.53. The van der Waals surface area contributed by atoms with E-state index in [-0.39, 0.29) is 17.7 Å². The van der Waals surface area contributed by atoms with E-state index in [0.717, 1.165) is 27.5 Å². The number of fused-ring (bicyclic) bond motifs is 2. The van der Waals surface area contributed by atoms with E-state index in [2.05, 4.69) is 29.2 Å². The average molecular weight is 412 g/mol. The van der Waals surface area contributed by atoms with Crippen molar-refractivity contribution < 1.29 is 9.90 Å². The van der Waals surface area contributed by atoms with Crippen LogP contribution < -0.4 is 5.56 Å². The maximum Gasteiger partial charge on any atom is 0.335 e. The second kappa shape index (κ2) is 7.24. The third-order valence-electron chi connectivity index (χ3n) is 5.15. The van der Waals surface area contributed by atoms with Crippen LogP contribution in [0.2, 0.25) is 0 Å². The van der Waals surface area contributed by atoms with Crippen LogP contribution in [0.3, 0.4) is 0 Å². The first-order valence-electron chi connectivity index (χ1n) is 9.38. The summed E-state index contributed by atoms with van der Waals surface area (Å²) in [4.78, 5) is 29.7. The lowest BCUT2D eigenvalue weighted by Gasteiger charge is -2.08. The summed E-state index contributed by atoms with van der Waals surface area (Å²) in [6.45, 7) is 0.260. The molecule has 0 bridgehead atoms. The van der Waals surface area contributed by atoms with E-state index in [1.54, 1.807) is 18.2 Å². The van der Waals surface area contributed by atoms with Crippen LogP contribution in [0.1, 0.15) is 15.9 Å². The SMILES string of the molecule is O=C(O)c1cccc(Cn2cnc3scc(-c4ccc5ccccc5c4)c3c2=O)c1. The number of aromatic nitrogens is 2. The van der Waals surface area contributed by atoms with Crippen molar-refractivity contribution in [3.63, 3.8) is 0 Å². The Balaban J connectivity index is 1.61. The largest absolute Gasteiger partial charge is 0.478 e. The van der Waals surface area contributed by atoms with Crippen molar-refractivity contribution in [2.45, 2.75) is 6.54 Å². The highest BCUT2D eigenvalue weighted by Crippen LogP contribution is 2.32. The van der Waals surface area contributed by atoms with Gasteiger partial charge in [-0.15, -0.1) is 11.3 Å². The van der Waals surface area contributed by atoms with Gasteiger partial charge in [0.1, 0.15) is 4.83 Å². The van der Waals surface area contributed by atoms with Crippen LogP contribution in [0.25, 0.3) is 32.1 Å². The highest BCUT2D eigenvalue weighted by molar-refractivity contribution is 7.17. The maximum absolute atomic E-state index is 13.3. The zero-order valence-corrected chi connectivity index (χ0v) is 16.6. The van der Waals surface area contributed by atoms with Gasteiger partial charge in [-0.25, -0.2) is 9.78 Å². The van der Waals surface area contributed by atoms with Crippen LogP contribution in [0.4, 0.5) is 0 Å². The van der Waals surface area contributed by atoms with Crippen molar-refractivity contribution in [3.05, 3.63) is 99.9 Å². The van der Waals surface area contributed by atoms with E-state index < -0.39 is 5.97 Å². The zero-order chi connectivity index (χ0) is 20.7. The molecule has 5 aromatic rings. The van der Waals surface area contributed by atoms with E-state index in [1.165, 1.54) is 28.3 Å². The van der Waals surface area contributed by atoms with Crippen molar-refractivity contribution in [3.8, 4) is 11.1 Å². The molecule has 0 atom stereocenters. The molecule has 3 aromatic carbocycles. The molecule has 0 saturated heterocycles. The molecule has 0 amide bonds. The molecule has 1 N–H and O–H groups in total. The summed E-state index contributed by atoms with van der Waals surface area (Å²) in [5.74, 6) is -0.991.